The molecule has 0 spiro atoms. The monoisotopic (exact) mass is 320 g/mol. The van der Waals surface area contributed by atoms with E-state index in [0.29, 0.717) is 6.42 Å². The van der Waals surface area contributed by atoms with Crippen molar-refractivity contribution in [2.24, 2.45) is 0 Å². The molecule has 5 nitrogen and oxygen atoms in total. The van der Waals surface area contributed by atoms with E-state index in [9.17, 15) is 0 Å². The summed E-state index contributed by atoms with van der Waals surface area (Å²) in [5.41, 5.74) is 0.877. The minimum atomic E-state index is 0.622. The second-order valence-corrected chi connectivity index (χ2v) is 6.48. The van der Waals surface area contributed by atoms with Crippen molar-refractivity contribution in [1.29, 1.82) is 5.26 Å². The van der Waals surface area contributed by atoms with Gasteiger partial charge in [-0.1, -0.05) is 35.2 Å². The molecular weight excluding hydrogens is 304 g/mol. The lowest BCUT2D eigenvalue weighted by Crippen LogP contribution is -1.93. The molecule has 1 aromatic carbocycles. The maximum Gasteiger partial charge on any atom is 0.210 e. The van der Waals surface area contributed by atoms with Crippen molar-refractivity contribution < 1.29 is 4.74 Å². The lowest BCUT2D eigenvalue weighted by atomic mass is 10.3. The first kappa shape index (κ1) is 15.6. The molecule has 1 heterocycles. The third kappa shape index (κ3) is 4.92. The fourth-order valence-corrected chi connectivity index (χ4v) is 3.48. The summed E-state index contributed by atoms with van der Waals surface area (Å²) in [6, 6.07) is 9.85. The van der Waals surface area contributed by atoms with Crippen LogP contribution in [0.1, 0.15) is 19.3 Å². The maximum atomic E-state index is 8.47. The second kappa shape index (κ2) is 8.49. The molecular formula is C14H16N4OS2. The molecule has 1 aromatic heterocycles. The number of rotatable bonds is 8. The third-order valence-corrected chi connectivity index (χ3v) is 4.72. The summed E-state index contributed by atoms with van der Waals surface area (Å²) in [6.07, 6.45) is 2.58. The quantitative estimate of drug-likeness (QED) is 0.584. The normalized spacial score (nSPS) is 10.1. The van der Waals surface area contributed by atoms with Crippen LogP contribution in [-0.4, -0.2) is 23.1 Å². The standard InChI is InChI=1S/C14H16N4OS2/c1-19-12-8-4-3-7-11(12)16-13-17-18-14(21-13)20-10-6-2-5-9-15/h3-4,7-8H,2,5-6,10H2,1H3,(H,16,17). The fourth-order valence-electron chi connectivity index (χ4n) is 1.65. The zero-order valence-corrected chi connectivity index (χ0v) is 13.3. The summed E-state index contributed by atoms with van der Waals surface area (Å²) in [5.74, 6) is 1.74. The summed E-state index contributed by atoms with van der Waals surface area (Å²) in [4.78, 5) is 0. The minimum absolute atomic E-state index is 0.622. The van der Waals surface area contributed by atoms with Crippen molar-refractivity contribution in [3.63, 3.8) is 0 Å². The van der Waals surface area contributed by atoms with E-state index < -0.39 is 0 Å². The van der Waals surface area contributed by atoms with Crippen LogP contribution in [0.4, 0.5) is 10.8 Å². The number of nitrogens with zero attached hydrogens (tertiary/aromatic N) is 3. The van der Waals surface area contributed by atoms with Crippen molar-refractivity contribution >= 4 is 33.9 Å². The van der Waals surface area contributed by atoms with Crippen LogP contribution < -0.4 is 10.1 Å². The van der Waals surface area contributed by atoms with Crippen molar-refractivity contribution in [3.8, 4) is 11.8 Å². The lowest BCUT2D eigenvalue weighted by Gasteiger charge is -2.07. The number of aromatic nitrogens is 2. The first-order valence-corrected chi connectivity index (χ1v) is 8.37. The average Bonchev–Trinajstić information content (AvgIpc) is 2.95. The summed E-state index contributed by atoms with van der Waals surface area (Å²) in [6.45, 7) is 0. The first-order chi connectivity index (χ1) is 10.3. The fraction of sp³-hybridized carbons (Fsp3) is 0.357. The molecule has 0 saturated carbocycles. The largest absolute Gasteiger partial charge is 0.495 e. The zero-order valence-electron chi connectivity index (χ0n) is 11.7. The van der Waals surface area contributed by atoms with E-state index in [-0.39, 0.29) is 0 Å². The van der Waals surface area contributed by atoms with Crippen LogP contribution in [0.3, 0.4) is 0 Å². The molecule has 0 aliphatic heterocycles. The highest BCUT2D eigenvalue weighted by Crippen LogP contribution is 2.31. The van der Waals surface area contributed by atoms with Gasteiger partial charge in [-0.15, -0.1) is 10.2 Å². The summed E-state index contributed by atoms with van der Waals surface area (Å²) in [7, 11) is 1.64. The topological polar surface area (TPSA) is 70.8 Å². The molecule has 0 radical (unpaired) electrons. The van der Waals surface area contributed by atoms with E-state index in [1.165, 1.54) is 11.3 Å². The molecule has 0 aliphatic carbocycles. The van der Waals surface area contributed by atoms with Gasteiger partial charge in [0.15, 0.2) is 4.34 Å². The first-order valence-electron chi connectivity index (χ1n) is 6.57. The zero-order chi connectivity index (χ0) is 14.9. The van der Waals surface area contributed by atoms with Gasteiger partial charge in [0.25, 0.3) is 0 Å². The molecule has 2 rings (SSSR count). The Balaban J connectivity index is 1.87. The Kier molecular flexibility index (Phi) is 6.31. The number of hydrogen-bond donors (Lipinski definition) is 1. The van der Waals surface area contributed by atoms with Gasteiger partial charge in [-0.25, -0.2) is 0 Å². The van der Waals surface area contributed by atoms with E-state index in [2.05, 4.69) is 21.6 Å². The predicted octanol–water partition coefficient (Wildman–Crippen LogP) is 4.08. The number of ether oxygens (including phenoxy) is 1. The van der Waals surface area contributed by atoms with Gasteiger partial charge in [-0.2, -0.15) is 5.26 Å². The van der Waals surface area contributed by atoms with Gasteiger partial charge in [-0.05, 0) is 25.0 Å². The molecule has 2 aromatic rings. The number of benzene rings is 1. The van der Waals surface area contributed by atoms with E-state index in [1.807, 2.05) is 24.3 Å². The molecule has 0 unspecified atom stereocenters. The second-order valence-electron chi connectivity index (χ2n) is 4.16. The number of thioether (sulfide) groups is 1. The van der Waals surface area contributed by atoms with Gasteiger partial charge in [0.1, 0.15) is 5.75 Å². The lowest BCUT2D eigenvalue weighted by molar-refractivity contribution is 0.417. The molecule has 21 heavy (non-hydrogen) atoms. The van der Waals surface area contributed by atoms with Gasteiger partial charge < -0.3 is 10.1 Å². The van der Waals surface area contributed by atoms with Crippen LogP contribution in [-0.2, 0) is 0 Å². The van der Waals surface area contributed by atoms with Gasteiger partial charge in [-0.3, -0.25) is 0 Å². The van der Waals surface area contributed by atoms with Crippen LogP contribution in [0.5, 0.6) is 5.75 Å². The summed E-state index contributed by atoms with van der Waals surface area (Å²) < 4.78 is 6.22. The molecule has 1 N–H and O–H groups in total. The molecule has 0 amide bonds. The van der Waals surface area contributed by atoms with Gasteiger partial charge in [0, 0.05) is 12.2 Å². The molecule has 0 fully saturated rings. The Morgan fingerprint density at radius 3 is 3.00 bits per heavy atom. The molecule has 0 atom stereocenters. The Morgan fingerprint density at radius 2 is 2.19 bits per heavy atom. The van der Waals surface area contributed by atoms with Gasteiger partial charge >= 0.3 is 0 Å². The smallest absolute Gasteiger partial charge is 0.210 e. The number of nitrogens with one attached hydrogen (secondary N) is 1. The van der Waals surface area contributed by atoms with E-state index in [0.717, 1.165) is 39.5 Å². The number of nitriles is 1. The average molecular weight is 320 g/mol. The van der Waals surface area contributed by atoms with Crippen molar-refractivity contribution in [1.82, 2.24) is 10.2 Å². The number of methoxy groups -OCH3 is 1. The van der Waals surface area contributed by atoms with Crippen molar-refractivity contribution in [2.75, 3.05) is 18.2 Å². The SMILES string of the molecule is COc1ccccc1Nc1nnc(SCCCCC#N)s1. The minimum Gasteiger partial charge on any atom is -0.495 e. The Morgan fingerprint density at radius 1 is 1.33 bits per heavy atom. The highest BCUT2D eigenvalue weighted by atomic mass is 32.2. The van der Waals surface area contributed by atoms with E-state index in [1.54, 1.807) is 18.9 Å². The van der Waals surface area contributed by atoms with Crippen LogP contribution in [0, 0.1) is 11.3 Å². The number of anilines is 2. The number of unbranched alkanes of at least 4 members (excludes halogenated alkanes) is 2. The van der Waals surface area contributed by atoms with Crippen LogP contribution in [0.15, 0.2) is 28.6 Å². The predicted molar refractivity (Wildman–Crippen MR) is 86.4 cm³/mol. The Labute approximate surface area is 132 Å². The number of hydrogen-bond acceptors (Lipinski definition) is 7. The van der Waals surface area contributed by atoms with Gasteiger partial charge in [0.05, 0.1) is 18.9 Å². The van der Waals surface area contributed by atoms with E-state index in [4.69, 9.17) is 10.00 Å². The summed E-state index contributed by atoms with van der Waals surface area (Å²) in [5, 5.41) is 20.7. The van der Waals surface area contributed by atoms with Crippen molar-refractivity contribution in [2.45, 2.75) is 23.6 Å². The molecule has 110 valence electrons. The maximum absolute atomic E-state index is 8.47. The molecule has 7 heteroatoms. The highest BCUT2D eigenvalue weighted by molar-refractivity contribution is 8.01. The number of para-hydroxylation sites is 2. The van der Waals surface area contributed by atoms with E-state index >= 15 is 0 Å². The van der Waals surface area contributed by atoms with Crippen LogP contribution in [0.25, 0.3) is 0 Å². The Bertz CT molecular complexity index is 609. The Hall–Kier alpha value is -1.78. The van der Waals surface area contributed by atoms with Crippen LogP contribution >= 0.6 is 23.1 Å². The summed E-state index contributed by atoms with van der Waals surface area (Å²) >= 11 is 3.20. The van der Waals surface area contributed by atoms with Crippen molar-refractivity contribution in [3.05, 3.63) is 24.3 Å². The molecule has 0 saturated heterocycles. The molecule has 0 bridgehead atoms. The highest BCUT2D eigenvalue weighted by Gasteiger charge is 2.07. The molecule has 0 aliphatic rings. The van der Waals surface area contributed by atoms with Gasteiger partial charge in [0.2, 0.25) is 5.13 Å². The van der Waals surface area contributed by atoms with Crippen LogP contribution in [0.2, 0.25) is 0 Å². The third-order valence-electron chi connectivity index (χ3n) is 2.66.